The van der Waals surface area contributed by atoms with E-state index >= 15 is 0 Å². The minimum atomic E-state index is -0.0383. The summed E-state index contributed by atoms with van der Waals surface area (Å²) >= 11 is 0. The number of benzene rings is 1. The molecule has 1 aliphatic rings. The van der Waals surface area contributed by atoms with Gasteiger partial charge in [0.15, 0.2) is 0 Å². The van der Waals surface area contributed by atoms with E-state index in [9.17, 15) is 4.79 Å². The quantitative estimate of drug-likeness (QED) is 0.708. The average Bonchev–Trinajstić information content (AvgIpc) is 2.16. The van der Waals surface area contributed by atoms with Gasteiger partial charge in [0, 0.05) is 24.1 Å². The molecule has 1 amide bonds. The molecule has 0 atom stereocenters. The van der Waals surface area contributed by atoms with Crippen LogP contribution in [0, 0.1) is 6.92 Å². The Balaban J connectivity index is 2.67. The third-order valence-electron chi connectivity index (χ3n) is 3.43. The minimum absolute atomic E-state index is 0.0383. The predicted molar refractivity (Wildman–Crippen MR) is 66.8 cm³/mol. The first-order valence-corrected chi connectivity index (χ1v) is 5.88. The summed E-state index contributed by atoms with van der Waals surface area (Å²) in [7, 11) is 0. The molecular weight excluding hydrogens is 198 g/mol. The standard InChI is InChI=1S/C14H19NO/c1-5-15-11-8-6-7-10(2)13(11)14(3,4)9-12(15)16/h6-8H,5,9H2,1-4H3. The number of aryl methyl sites for hydroxylation is 1. The van der Waals surface area contributed by atoms with Gasteiger partial charge in [-0.2, -0.15) is 0 Å². The second kappa shape index (κ2) is 3.62. The van der Waals surface area contributed by atoms with Crippen molar-refractivity contribution in [2.45, 2.75) is 39.5 Å². The Bertz CT molecular complexity index is 434. The molecule has 1 aromatic rings. The third kappa shape index (κ3) is 1.53. The maximum Gasteiger partial charge on any atom is 0.227 e. The summed E-state index contributed by atoms with van der Waals surface area (Å²) in [6.07, 6.45) is 0.610. The minimum Gasteiger partial charge on any atom is -0.312 e. The molecule has 0 aliphatic carbocycles. The molecule has 2 nitrogen and oxygen atoms in total. The smallest absolute Gasteiger partial charge is 0.227 e. The van der Waals surface area contributed by atoms with Gasteiger partial charge in [-0.15, -0.1) is 0 Å². The Morgan fingerprint density at radius 1 is 1.38 bits per heavy atom. The van der Waals surface area contributed by atoms with Crippen molar-refractivity contribution in [3.05, 3.63) is 29.3 Å². The third-order valence-corrected chi connectivity index (χ3v) is 3.43. The van der Waals surface area contributed by atoms with Crippen molar-refractivity contribution in [2.24, 2.45) is 0 Å². The zero-order chi connectivity index (χ0) is 11.9. The zero-order valence-electron chi connectivity index (χ0n) is 10.5. The summed E-state index contributed by atoms with van der Waals surface area (Å²) in [5, 5.41) is 0. The van der Waals surface area contributed by atoms with Gasteiger partial charge >= 0.3 is 0 Å². The Labute approximate surface area is 97.3 Å². The molecule has 1 aromatic carbocycles. The number of anilines is 1. The number of hydrogen-bond donors (Lipinski definition) is 0. The van der Waals surface area contributed by atoms with E-state index in [1.54, 1.807) is 0 Å². The van der Waals surface area contributed by atoms with Crippen LogP contribution in [0.25, 0.3) is 0 Å². The van der Waals surface area contributed by atoms with Crippen LogP contribution in [-0.4, -0.2) is 12.5 Å². The summed E-state index contributed by atoms with van der Waals surface area (Å²) < 4.78 is 0. The Morgan fingerprint density at radius 3 is 2.69 bits per heavy atom. The van der Waals surface area contributed by atoms with Gasteiger partial charge in [0.1, 0.15) is 0 Å². The number of fused-ring (bicyclic) bond motifs is 1. The lowest BCUT2D eigenvalue weighted by atomic mass is 9.75. The topological polar surface area (TPSA) is 20.3 Å². The molecule has 1 aliphatic heterocycles. The number of rotatable bonds is 1. The first-order valence-electron chi connectivity index (χ1n) is 5.88. The first-order chi connectivity index (χ1) is 7.47. The molecule has 1 heterocycles. The molecule has 0 N–H and O–H groups in total. The molecule has 0 saturated heterocycles. The molecular formula is C14H19NO. The van der Waals surface area contributed by atoms with Crippen molar-refractivity contribution in [1.82, 2.24) is 0 Å². The van der Waals surface area contributed by atoms with E-state index in [-0.39, 0.29) is 11.3 Å². The largest absolute Gasteiger partial charge is 0.312 e. The van der Waals surface area contributed by atoms with Crippen LogP contribution < -0.4 is 4.90 Å². The number of amides is 1. The van der Waals surface area contributed by atoms with E-state index in [1.807, 2.05) is 17.9 Å². The highest BCUT2D eigenvalue weighted by molar-refractivity contribution is 5.98. The molecule has 0 spiro atoms. The number of nitrogens with zero attached hydrogens (tertiary/aromatic N) is 1. The van der Waals surface area contributed by atoms with Crippen LogP contribution in [0.15, 0.2) is 18.2 Å². The van der Waals surface area contributed by atoms with Gasteiger partial charge in [-0.1, -0.05) is 26.0 Å². The van der Waals surface area contributed by atoms with Crippen molar-refractivity contribution in [2.75, 3.05) is 11.4 Å². The van der Waals surface area contributed by atoms with Crippen molar-refractivity contribution in [1.29, 1.82) is 0 Å². The van der Waals surface area contributed by atoms with Gasteiger partial charge in [0.2, 0.25) is 5.91 Å². The highest BCUT2D eigenvalue weighted by Gasteiger charge is 2.36. The van der Waals surface area contributed by atoms with Crippen LogP contribution in [0.3, 0.4) is 0 Å². The fourth-order valence-electron chi connectivity index (χ4n) is 2.80. The second-order valence-corrected chi connectivity index (χ2v) is 5.17. The second-order valence-electron chi connectivity index (χ2n) is 5.17. The van der Waals surface area contributed by atoms with Crippen LogP contribution in [0.1, 0.15) is 38.3 Å². The van der Waals surface area contributed by atoms with Gasteiger partial charge in [-0.25, -0.2) is 0 Å². The molecule has 86 valence electrons. The van der Waals surface area contributed by atoms with Gasteiger partial charge in [0.05, 0.1) is 0 Å². The van der Waals surface area contributed by atoms with Crippen molar-refractivity contribution in [3.63, 3.8) is 0 Å². The number of hydrogen-bond acceptors (Lipinski definition) is 1. The van der Waals surface area contributed by atoms with Crippen LogP contribution in [-0.2, 0) is 10.2 Å². The molecule has 0 bridgehead atoms. The van der Waals surface area contributed by atoms with Gasteiger partial charge in [-0.3, -0.25) is 4.79 Å². The molecule has 0 radical (unpaired) electrons. The average molecular weight is 217 g/mol. The van der Waals surface area contributed by atoms with Gasteiger partial charge < -0.3 is 4.90 Å². The van der Waals surface area contributed by atoms with Crippen LogP contribution >= 0.6 is 0 Å². The SMILES string of the molecule is CCN1C(=O)CC(C)(C)c2c(C)cccc21. The molecule has 0 aromatic heterocycles. The van der Waals surface area contributed by atoms with Gasteiger partial charge in [-0.05, 0) is 31.0 Å². The lowest BCUT2D eigenvalue weighted by Crippen LogP contribution is -2.42. The van der Waals surface area contributed by atoms with Crippen LogP contribution in [0.5, 0.6) is 0 Å². The van der Waals surface area contributed by atoms with E-state index in [1.165, 1.54) is 11.1 Å². The van der Waals surface area contributed by atoms with Crippen LogP contribution in [0.2, 0.25) is 0 Å². The van der Waals surface area contributed by atoms with Crippen LogP contribution in [0.4, 0.5) is 5.69 Å². The summed E-state index contributed by atoms with van der Waals surface area (Å²) in [4.78, 5) is 13.9. The van der Waals surface area contributed by atoms with Crippen molar-refractivity contribution < 1.29 is 4.79 Å². The van der Waals surface area contributed by atoms with Gasteiger partial charge in [0.25, 0.3) is 0 Å². The lowest BCUT2D eigenvalue weighted by molar-refractivity contribution is -0.120. The molecule has 0 fully saturated rings. The lowest BCUT2D eigenvalue weighted by Gasteiger charge is -2.39. The maximum absolute atomic E-state index is 12.0. The van der Waals surface area contributed by atoms with E-state index in [2.05, 4.69) is 32.9 Å². The van der Waals surface area contributed by atoms with E-state index in [0.717, 1.165) is 12.2 Å². The molecule has 2 heteroatoms. The monoisotopic (exact) mass is 217 g/mol. The first kappa shape index (κ1) is 11.2. The predicted octanol–water partition coefficient (Wildman–Crippen LogP) is 3.03. The summed E-state index contributed by atoms with van der Waals surface area (Å²) in [5.74, 6) is 0.241. The number of carbonyl (C=O) groups is 1. The fraction of sp³-hybridized carbons (Fsp3) is 0.500. The van der Waals surface area contributed by atoms with Crippen molar-refractivity contribution >= 4 is 11.6 Å². The highest BCUT2D eigenvalue weighted by atomic mass is 16.2. The van der Waals surface area contributed by atoms with Crippen molar-refractivity contribution in [3.8, 4) is 0 Å². The Kier molecular flexibility index (Phi) is 2.53. The molecule has 0 unspecified atom stereocenters. The van der Waals surface area contributed by atoms with E-state index < -0.39 is 0 Å². The Hall–Kier alpha value is -1.31. The highest BCUT2D eigenvalue weighted by Crippen LogP contribution is 2.41. The molecule has 16 heavy (non-hydrogen) atoms. The number of carbonyl (C=O) groups excluding carboxylic acids is 1. The van der Waals surface area contributed by atoms with E-state index in [0.29, 0.717) is 6.42 Å². The molecule has 0 saturated carbocycles. The normalized spacial score (nSPS) is 18.5. The Morgan fingerprint density at radius 2 is 2.06 bits per heavy atom. The summed E-state index contributed by atoms with van der Waals surface area (Å²) in [5.41, 5.74) is 3.68. The van der Waals surface area contributed by atoms with E-state index in [4.69, 9.17) is 0 Å². The zero-order valence-corrected chi connectivity index (χ0v) is 10.5. The summed E-state index contributed by atoms with van der Waals surface area (Å²) in [6, 6.07) is 6.22. The maximum atomic E-state index is 12.0. The molecule has 2 rings (SSSR count). The fourth-order valence-corrected chi connectivity index (χ4v) is 2.80. The summed E-state index contributed by atoms with van der Waals surface area (Å²) in [6.45, 7) is 9.23.